The molecule has 5 nitrogen and oxygen atoms in total. The van der Waals surface area contributed by atoms with E-state index < -0.39 is 0 Å². The first-order valence-corrected chi connectivity index (χ1v) is 9.05. The van der Waals surface area contributed by atoms with Gasteiger partial charge in [-0.05, 0) is 37.7 Å². The van der Waals surface area contributed by atoms with E-state index in [1.54, 1.807) is 6.20 Å². The molecule has 2 aromatic heterocycles. The van der Waals surface area contributed by atoms with Crippen molar-refractivity contribution in [1.29, 1.82) is 0 Å². The van der Waals surface area contributed by atoms with Crippen LogP contribution in [0.1, 0.15) is 22.9 Å². The molecule has 0 saturated carbocycles. The van der Waals surface area contributed by atoms with Gasteiger partial charge in [-0.25, -0.2) is 0 Å². The van der Waals surface area contributed by atoms with Gasteiger partial charge in [-0.3, -0.25) is 14.9 Å². The van der Waals surface area contributed by atoms with Crippen LogP contribution >= 0.6 is 0 Å². The zero-order valence-electron chi connectivity index (χ0n) is 15.3. The molecule has 0 spiro atoms. The molecule has 0 bridgehead atoms. The molecule has 1 aliphatic rings. The highest BCUT2D eigenvalue weighted by Crippen LogP contribution is 2.37. The van der Waals surface area contributed by atoms with Crippen LogP contribution in [0, 0.1) is 6.92 Å². The second-order valence-electron chi connectivity index (χ2n) is 7.08. The van der Waals surface area contributed by atoms with Gasteiger partial charge in [-0.1, -0.05) is 18.2 Å². The van der Waals surface area contributed by atoms with Crippen LogP contribution in [0.5, 0.6) is 5.75 Å². The van der Waals surface area contributed by atoms with Crippen LogP contribution in [-0.2, 0) is 0 Å². The van der Waals surface area contributed by atoms with Crippen molar-refractivity contribution in [3.8, 4) is 5.75 Å². The average molecular weight is 348 g/mol. The number of piperazine rings is 1. The predicted octanol–water partition coefficient (Wildman–Crippen LogP) is 2.98. The number of aryl methyl sites for hydroxylation is 1. The number of pyridine rings is 2. The minimum atomic E-state index is -0.0741. The number of aromatic hydroxyl groups is 1. The standard InChI is InChI=1S/C21H24N4O/c1-15-7-9-22-18(14-15)20(25-12-10-24(2)11-13-25)17-6-5-16-4-3-8-23-19(16)21(17)26/h3-9,14,20,26H,10-13H2,1-2H3. The SMILES string of the molecule is Cc1ccnc(C(c2ccc3cccnc3c2O)N2CCN(C)CC2)c1. The number of phenolic OH excluding ortho intramolecular Hbond substituents is 1. The summed E-state index contributed by atoms with van der Waals surface area (Å²) in [6, 6.07) is 12.0. The number of nitrogens with zero attached hydrogens (tertiary/aromatic N) is 4. The van der Waals surface area contributed by atoms with Gasteiger partial charge in [0, 0.05) is 49.5 Å². The molecule has 1 atom stereocenters. The van der Waals surface area contributed by atoms with E-state index >= 15 is 0 Å². The molecule has 26 heavy (non-hydrogen) atoms. The first-order chi connectivity index (χ1) is 12.6. The van der Waals surface area contributed by atoms with Gasteiger partial charge in [0.2, 0.25) is 0 Å². The lowest BCUT2D eigenvalue weighted by Gasteiger charge is -2.38. The van der Waals surface area contributed by atoms with E-state index in [9.17, 15) is 5.11 Å². The van der Waals surface area contributed by atoms with Gasteiger partial charge in [0.1, 0.15) is 11.3 Å². The highest BCUT2D eigenvalue weighted by atomic mass is 16.3. The molecule has 5 heteroatoms. The predicted molar refractivity (Wildman–Crippen MR) is 103 cm³/mol. The Morgan fingerprint density at radius 1 is 1.00 bits per heavy atom. The number of hydrogen-bond donors (Lipinski definition) is 1. The van der Waals surface area contributed by atoms with Gasteiger partial charge in [0.25, 0.3) is 0 Å². The zero-order chi connectivity index (χ0) is 18.1. The van der Waals surface area contributed by atoms with Gasteiger partial charge in [-0.15, -0.1) is 0 Å². The number of benzene rings is 1. The monoisotopic (exact) mass is 348 g/mol. The maximum atomic E-state index is 11.0. The highest BCUT2D eigenvalue weighted by Gasteiger charge is 2.29. The third-order valence-corrected chi connectivity index (χ3v) is 5.19. The van der Waals surface area contributed by atoms with E-state index in [1.165, 1.54) is 5.56 Å². The van der Waals surface area contributed by atoms with E-state index in [-0.39, 0.29) is 11.8 Å². The number of aromatic nitrogens is 2. The van der Waals surface area contributed by atoms with E-state index in [0.717, 1.165) is 42.8 Å². The van der Waals surface area contributed by atoms with E-state index in [4.69, 9.17) is 0 Å². The number of likely N-dealkylation sites (N-methyl/N-ethyl adjacent to an activating group) is 1. The van der Waals surface area contributed by atoms with Crippen LogP contribution in [-0.4, -0.2) is 58.1 Å². The van der Waals surface area contributed by atoms with E-state index in [0.29, 0.717) is 5.52 Å². The summed E-state index contributed by atoms with van der Waals surface area (Å²) in [5.41, 5.74) is 3.67. The lowest BCUT2D eigenvalue weighted by Crippen LogP contribution is -2.46. The third-order valence-electron chi connectivity index (χ3n) is 5.19. The molecule has 1 N–H and O–H groups in total. The Morgan fingerprint density at radius 2 is 1.81 bits per heavy atom. The van der Waals surface area contributed by atoms with Crippen molar-refractivity contribution in [1.82, 2.24) is 19.8 Å². The Balaban J connectivity index is 1.84. The normalized spacial score (nSPS) is 17.5. The van der Waals surface area contributed by atoms with Crippen molar-refractivity contribution in [3.63, 3.8) is 0 Å². The van der Waals surface area contributed by atoms with Crippen LogP contribution in [0.15, 0.2) is 48.8 Å². The summed E-state index contributed by atoms with van der Waals surface area (Å²) in [6.07, 6.45) is 3.58. The summed E-state index contributed by atoms with van der Waals surface area (Å²) < 4.78 is 0. The lowest BCUT2D eigenvalue weighted by atomic mass is 9.97. The van der Waals surface area contributed by atoms with Crippen molar-refractivity contribution >= 4 is 10.9 Å². The molecule has 1 saturated heterocycles. The molecule has 0 amide bonds. The summed E-state index contributed by atoms with van der Waals surface area (Å²) in [4.78, 5) is 13.8. The minimum absolute atomic E-state index is 0.0741. The molecule has 3 aromatic rings. The third kappa shape index (κ3) is 3.16. The molecule has 0 radical (unpaired) electrons. The first kappa shape index (κ1) is 16.9. The molecule has 1 aromatic carbocycles. The molecular formula is C21H24N4O. The Labute approximate surface area is 153 Å². The summed E-state index contributed by atoms with van der Waals surface area (Å²) in [7, 11) is 2.15. The van der Waals surface area contributed by atoms with Gasteiger partial charge in [0.05, 0.1) is 11.7 Å². The number of fused-ring (bicyclic) bond motifs is 1. The fourth-order valence-corrected chi connectivity index (χ4v) is 3.70. The summed E-state index contributed by atoms with van der Waals surface area (Å²) in [5, 5.41) is 12.0. The molecule has 134 valence electrons. The van der Waals surface area contributed by atoms with Gasteiger partial charge < -0.3 is 10.0 Å². The van der Waals surface area contributed by atoms with Crippen LogP contribution in [0.2, 0.25) is 0 Å². The number of rotatable bonds is 3. The summed E-state index contributed by atoms with van der Waals surface area (Å²) in [6.45, 7) is 5.98. The molecule has 1 aliphatic heterocycles. The van der Waals surface area contributed by atoms with E-state index in [2.05, 4.69) is 39.8 Å². The number of hydrogen-bond acceptors (Lipinski definition) is 5. The number of phenols is 1. The fourth-order valence-electron chi connectivity index (χ4n) is 3.70. The van der Waals surface area contributed by atoms with Crippen molar-refractivity contribution in [3.05, 3.63) is 65.6 Å². The fraction of sp³-hybridized carbons (Fsp3) is 0.333. The maximum absolute atomic E-state index is 11.0. The second kappa shape index (κ2) is 7.02. The first-order valence-electron chi connectivity index (χ1n) is 9.05. The quantitative estimate of drug-likeness (QED) is 0.789. The highest BCUT2D eigenvalue weighted by molar-refractivity contribution is 5.85. The Bertz CT molecular complexity index is 919. The van der Waals surface area contributed by atoms with E-state index in [1.807, 2.05) is 36.5 Å². The molecule has 4 rings (SSSR count). The zero-order valence-corrected chi connectivity index (χ0v) is 15.3. The molecule has 0 aliphatic carbocycles. The van der Waals surface area contributed by atoms with Gasteiger partial charge in [0.15, 0.2) is 0 Å². The topological polar surface area (TPSA) is 52.5 Å². The largest absolute Gasteiger partial charge is 0.505 e. The van der Waals surface area contributed by atoms with Crippen LogP contribution in [0.25, 0.3) is 10.9 Å². The minimum Gasteiger partial charge on any atom is -0.505 e. The lowest BCUT2D eigenvalue weighted by molar-refractivity contribution is 0.124. The molecule has 3 heterocycles. The van der Waals surface area contributed by atoms with Crippen molar-refractivity contribution in [2.75, 3.05) is 33.2 Å². The van der Waals surface area contributed by atoms with Crippen LogP contribution in [0.3, 0.4) is 0 Å². The smallest absolute Gasteiger partial charge is 0.146 e. The van der Waals surface area contributed by atoms with Crippen molar-refractivity contribution in [2.45, 2.75) is 13.0 Å². The summed E-state index contributed by atoms with van der Waals surface area (Å²) in [5.74, 6) is 0.260. The Morgan fingerprint density at radius 3 is 2.58 bits per heavy atom. The average Bonchev–Trinajstić information content (AvgIpc) is 2.66. The Kier molecular flexibility index (Phi) is 4.57. The maximum Gasteiger partial charge on any atom is 0.146 e. The molecule has 1 unspecified atom stereocenters. The van der Waals surface area contributed by atoms with Crippen LogP contribution in [0.4, 0.5) is 0 Å². The van der Waals surface area contributed by atoms with Crippen molar-refractivity contribution in [2.24, 2.45) is 0 Å². The summed E-state index contributed by atoms with van der Waals surface area (Å²) >= 11 is 0. The van der Waals surface area contributed by atoms with Crippen LogP contribution < -0.4 is 0 Å². The molecular weight excluding hydrogens is 324 g/mol. The molecule has 1 fully saturated rings. The second-order valence-corrected chi connectivity index (χ2v) is 7.08. The van der Waals surface area contributed by atoms with Crippen molar-refractivity contribution < 1.29 is 5.11 Å². The Hall–Kier alpha value is -2.50. The van der Waals surface area contributed by atoms with Gasteiger partial charge >= 0.3 is 0 Å². The van der Waals surface area contributed by atoms with Gasteiger partial charge in [-0.2, -0.15) is 0 Å².